The van der Waals surface area contributed by atoms with Crippen molar-refractivity contribution in [1.82, 2.24) is 15.3 Å². The highest BCUT2D eigenvalue weighted by atomic mass is 16.3. The number of hydrogen-bond acceptors (Lipinski definition) is 3. The Morgan fingerprint density at radius 1 is 1.44 bits per heavy atom. The number of imidazole rings is 1. The van der Waals surface area contributed by atoms with Gasteiger partial charge in [-0.3, -0.25) is 0 Å². The van der Waals surface area contributed by atoms with Crippen LogP contribution in [0.1, 0.15) is 12.0 Å². The van der Waals surface area contributed by atoms with E-state index in [0.717, 1.165) is 29.6 Å². The highest BCUT2D eigenvalue weighted by Gasteiger charge is 2.30. The van der Waals surface area contributed by atoms with E-state index < -0.39 is 5.60 Å². The van der Waals surface area contributed by atoms with Gasteiger partial charge in [0.1, 0.15) is 0 Å². The summed E-state index contributed by atoms with van der Waals surface area (Å²) in [7, 11) is 0. The number of fused-ring (bicyclic) bond motifs is 1. The maximum atomic E-state index is 10.3. The summed E-state index contributed by atoms with van der Waals surface area (Å²) < 4.78 is 0. The molecule has 1 atom stereocenters. The van der Waals surface area contributed by atoms with E-state index in [2.05, 4.69) is 21.4 Å². The minimum atomic E-state index is -0.576. The number of nitrogens with one attached hydrogen (secondary N) is 2. The SMILES string of the molecule is OC1(Cc2ccc3nc[nH]c3c2)CCNC1. The second kappa shape index (κ2) is 3.57. The van der Waals surface area contributed by atoms with Crippen LogP contribution in [-0.4, -0.2) is 33.8 Å². The summed E-state index contributed by atoms with van der Waals surface area (Å²) in [6, 6.07) is 6.10. The van der Waals surface area contributed by atoms with Crippen molar-refractivity contribution < 1.29 is 5.11 Å². The summed E-state index contributed by atoms with van der Waals surface area (Å²) in [6.07, 6.45) is 3.23. The van der Waals surface area contributed by atoms with E-state index in [0.29, 0.717) is 13.0 Å². The molecule has 0 bridgehead atoms. The number of nitrogens with zero attached hydrogens (tertiary/aromatic N) is 1. The van der Waals surface area contributed by atoms with Gasteiger partial charge in [-0.25, -0.2) is 4.98 Å². The van der Waals surface area contributed by atoms with Crippen LogP contribution >= 0.6 is 0 Å². The van der Waals surface area contributed by atoms with Crippen LogP contribution in [0.4, 0.5) is 0 Å². The lowest BCUT2D eigenvalue weighted by molar-refractivity contribution is 0.0619. The Bertz CT molecular complexity index is 500. The van der Waals surface area contributed by atoms with E-state index in [1.54, 1.807) is 6.33 Å². The molecule has 1 aromatic carbocycles. The first-order chi connectivity index (χ1) is 7.75. The Balaban J connectivity index is 1.88. The number of aromatic nitrogens is 2. The maximum absolute atomic E-state index is 10.3. The highest BCUT2D eigenvalue weighted by Crippen LogP contribution is 2.22. The Hall–Kier alpha value is -1.39. The third-order valence-corrected chi connectivity index (χ3v) is 3.24. The lowest BCUT2D eigenvalue weighted by atomic mass is 9.93. The van der Waals surface area contributed by atoms with Gasteiger partial charge in [0.15, 0.2) is 0 Å². The Morgan fingerprint density at radius 2 is 2.38 bits per heavy atom. The number of aliphatic hydroxyl groups is 1. The zero-order valence-electron chi connectivity index (χ0n) is 9.03. The zero-order chi connectivity index (χ0) is 11.0. The van der Waals surface area contributed by atoms with Crippen molar-refractivity contribution >= 4 is 11.0 Å². The fourth-order valence-electron chi connectivity index (χ4n) is 2.35. The molecule has 2 aromatic rings. The molecule has 84 valence electrons. The average Bonchev–Trinajstić information content (AvgIpc) is 2.86. The average molecular weight is 217 g/mol. The zero-order valence-corrected chi connectivity index (χ0v) is 9.03. The molecule has 3 rings (SSSR count). The van der Waals surface area contributed by atoms with Crippen LogP contribution in [0.25, 0.3) is 11.0 Å². The van der Waals surface area contributed by atoms with Crippen LogP contribution in [0.2, 0.25) is 0 Å². The number of β-amino-alcohol motifs (C(OH)–C–C–N with tert-alkyl or cyclic N) is 1. The van der Waals surface area contributed by atoms with Crippen molar-refractivity contribution in [3.8, 4) is 0 Å². The molecule has 4 nitrogen and oxygen atoms in total. The van der Waals surface area contributed by atoms with Gasteiger partial charge in [-0.15, -0.1) is 0 Å². The van der Waals surface area contributed by atoms with E-state index in [9.17, 15) is 5.11 Å². The van der Waals surface area contributed by atoms with Gasteiger partial charge in [-0.1, -0.05) is 6.07 Å². The standard InChI is InChI=1S/C12H15N3O/c16-12(3-4-13-7-12)6-9-1-2-10-11(5-9)15-8-14-10/h1-2,5,8,13,16H,3-4,6-7H2,(H,14,15). The number of aromatic amines is 1. The summed E-state index contributed by atoms with van der Waals surface area (Å²) in [6.45, 7) is 1.59. The summed E-state index contributed by atoms with van der Waals surface area (Å²) in [4.78, 5) is 7.27. The van der Waals surface area contributed by atoms with Gasteiger partial charge < -0.3 is 15.4 Å². The third kappa shape index (κ3) is 1.70. The first-order valence-corrected chi connectivity index (χ1v) is 5.60. The van der Waals surface area contributed by atoms with Crippen molar-refractivity contribution in [1.29, 1.82) is 0 Å². The van der Waals surface area contributed by atoms with Gasteiger partial charge in [0, 0.05) is 13.0 Å². The van der Waals surface area contributed by atoms with Crippen molar-refractivity contribution in [2.75, 3.05) is 13.1 Å². The summed E-state index contributed by atoms with van der Waals surface area (Å²) >= 11 is 0. The van der Waals surface area contributed by atoms with Crippen molar-refractivity contribution in [2.45, 2.75) is 18.4 Å². The lowest BCUT2D eigenvalue weighted by Crippen LogP contribution is -2.33. The van der Waals surface area contributed by atoms with E-state index in [1.165, 1.54) is 0 Å². The summed E-state index contributed by atoms with van der Waals surface area (Å²) in [5.41, 5.74) is 2.59. The van der Waals surface area contributed by atoms with E-state index in [4.69, 9.17) is 0 Å². The van der Waals surface area contributed by atoms with Gasteiger partial charge in [0.2, 0.25) is 0 Å². The fourth-order valence-corrected chi connectivity index (χ4v) is 2.35. The van der Waals surface area contributed by atoms with E-state index in [-0.39, 0.29) is 0 Å². The largest absolute Gasteiger partial charge is 0.388 e. The molecule has 0 spiro atoms. The van der Waals surface area contributed by atoms with E-state index in [1.807, 2.05) is 12.1 Å². The van der Waals surface area contributed by atoms with Crippen molar-refractivity contribution in [3.05, 3.63) is 30.1 Å². The number of rotatable bonds is 2. The fraction of sp³-hybridized carbons (Fsp3) is 0.417. The van der Waals surface area contributed by atoms with Crippen LogP contribution < -0.4 is 5.32 Å². The van der Waals surface area contributed by atoms with Gasteiger partial charge in [0.05, 0.1) is 23.0 Å². The first-order valence-electron chi connectivity index (χ1n) is 5.60. The Labute approximate surface area is 93.7 Å². The molecule has 0 amide bonds. The number of benzene rings is 1. The third-order valence-electron chi connectivity index (χ3n) is 3.24. The van der Waals surface area contributed by atoms with Crippen LogP contribution in [0.15, 0.2) is 24.5 Å². The van der Waals surface area contributed by atoms with Gasteiger partial charge in [-0.05, 0) is 30.7 Å². The second-order valence-electron chi connectivity index (χ2n) is 4.58. The quantitative estimate of drug-likeness (QED) is 0.698. The topological polar surface area (TPSA) is 60.9 Å². The number of hydrogen-bond donors (Lipinski definition) is 3. The minimum Gasteiger partial charge on any atom is -0.388 e. The predicted octanol–water partition coefficient (Wildman–Crippen LogP) is 0.830. The van der Waals surface area contributed by atoms with Gasteiger partial charge in [-0.2, -0.15) is 0 Å². The molecule has 2 heterocycles. The molecule has 1 unspecified atom stereocenters. The van der Waals surface area contributed by atoms with Gasteiger partial charge >= 0.3 is 0 Å². The monoisotopic (exact) mass is 217 g/mol. The lowest BCUT2D eigenvalue weighted by Gasteiger charge is -2.21. The molecule has 0 aliphatic carbocycles. The van der Waals surface area contributed by atoms with Crippen LogP contribution in [0, 0.1) is 0 Å². The van der Waals surface area contributed by atoms with Gasteiger partial charge in [0.25, 0.3) is 0 Å². The summed E-state index contributed by atoms with van der Waals surface area (Å²) in [5.74, 6) is 0. The van der Waals surface area contributed by atoms with Crippen LogP contribution in [0.3, 0.4) is 0 Å². The molecule has 0 radical (unpaired) electrons. The second-order valence-corrected chi connectivity index (χ2v) is 4.58. The minimum absolute atomic E-state index is 0.576. The maximum Gasteiger partial charge on any atom is 0.0931 e. The molecule has 1 fully saturated rings. The van der Waals surface area contributed by atoms with Crippen LogP contribution in [-0.2, 0) is 6.42 Å². The molecular weight excluding hydrogens is 202 g/mol. The Kier molecular flexibility index (Phi) is 2.19. The molecule has 1 aliphatic rings. The molecule has 16 heavy (non-hydrogen) atoms. The van der Waals surface area contributed by atoms with Crippen molar-refractivity contribution in [2.24, 2.45) is 0 Å². The smallest absolute Gasteiger partial charge is 0.0931 e. The highest BCUT2D eigenvalue weighted by molar-refractivity contribution is 5.75. The van der Waals surface area contributed by atoms with Crippen LogP contribution in [0.5, 0.6) is 0 Å². The predicted molar refractivity (Wildman–Crippen MR) is 62.2 cm³/mol. The molecule has 1 aliphatic heterocycles. The molecule has 3 N–H and O–H groups in total. The molecular formula is C12H15N3O. The number of H-pyrrole nitrogens is 1. The summed E-state index contributed by atoms with van der Waals surface area (Å²) in [5, 5.41) is 13.5. The van der Waals surface area contributed by atoms with E-state index >= 15 is 0 Å². The Morgan fingerprint density at radius 3 is 3.19 bits per heavy atom. The molecule has 0 saturated carbocycles. The normalized spacial score (nSPS) is 25.3. The molecule has 4 heteroatoms. The van der Waals surface area contributed by atoms with Crippen molar-refractivity contribution in [3.63, 3.8) is 0 Å². The molecule has 1 aromatic heterocycles. The molecule has 1 saturated heterocycles. The first kappa shape index (κ1) is 9.81.